The van der Waals surface area contributed by atoms with Gasteiger partial charge in [-0.2, -0.15) is 4.98 Å². The summed E-state index contributed by atoms with van der Waals surface area (Å²) in [6.45, 7) is 0.611. The molecule has 0 radical (unpaired) electrons. The minimum Gasteiger partial charge on any atom is -0.384 e. The van der Waals surface area contributed by atoms with Crippen molar-refractivity contribution in [3.8, 4) is 0 Å². The summed E-state index contributed by atoms with van der Waals surface area (Å²) < 4.78 is 9.77. The van der Waals surface area contributed by atoms with Crippen molar-refractivity contribution in [2.45, 2.75) is 12.8 Å². The number of rotatable bonds is 5. The molecular formula is C7H11ClN2O2. The molecule has 0 unspecified atom stereocenters. The van der Waals surface area contributed by atoms with Gasteiger partial charge in [-0.05, 0) is 0 Å². The van der Waals surface area contributed by atoms with E-state index in [0.29, 0.717) is 37.0 Å². The second-order valence-corrected chi connectivity index (χ2v) is 2.66. The van der Waals surface area contributed by atoms with Crippen molar-refractivity contribution in [2.24, 2.45) is 0 Å². The first kappa shape index (κ1) is 9.48. The summed E-state index contributed by atoms with van der Waals surface area (Å²) in [6.07, 6.45) is 1.31. The molecule has 0 aliphatic rings. The van der Waals surface area contributed by atoms with Crippen LogP contribution in [0.4, 0.5) is 0 Å². The minimum atomic E-state index is 0.506. The molecule has 68 valence electrons. The van der Waals surface area contributed by atoms with Crippen molar-refractivity contribution in [1.82, 2.24) is 10.1 Å². The lowest BCUT2D eigenvalue weighted by atomic mass is 10.4. The Balaban J connectivity index is 2.41. The normalized spacial score (nSPS) is 10.5. The molecule has 1 aromatic heterocycles. The average Bonchev–Trinajstić information content (AvgIpc) is 2.50. The van der Waals surface area contributed by atoms with Crippen LogP contribution in [0.25, 0.3) is 0 Å². The molecule has 1 aromatic rings. The lowest BCUT2D eigenvalue weighted by Crippen LogP contribution is -1.96. The van der Waals surface area contributed by atoms with Crippen LogP contribution in [0, 0.1) is 0 Å². The van der Waals surface area contributed by atoms with Crippen LogP contribution in [-0.4, -0.2) is 29.7 Å². The summed E-state index contributed by atoms with van der Waals surface area (Å²) in [5.74, 6) is 1.78. The highest BCUT2D eigenvalue weighted by Gasteiger charge is 2.04. The van der Waals surface area contributed by atoms with Crippen LogP contribution in [0.1, 0.15) is 11.7 Å². The summed E-state index contributed by atoms with van der Waals surface area (Å²) in [7, 11) is 1.64. The molecule has 0 spiro atoms. The molecule has 4 nitrogen and oxygen atoms in total. The first-order chi connectivity index (χ1) is 5.86. The van der Waals surface area contributed by atoms with Gasteiger partial charge in [0, 0.05) is 25.8 Å². The van der Waals surface area contributed by atoms with E-state index in [-0.39, 0.29) is 0 Å². The lowest BCUT2D eigenvalue weighted by molar-refractivity contribution is 0.199. The maximum atomic E-state index is 5.50. The first-order valence-electron chi connectivity index (χ1n) is 3.73. The number of ether oxygens (including phenoxy) is 1. The van der Waals surface area contributed by atoms with E-state index in [1.165, 1.54) is 0 Å². The third kappa shape index (κ3) is 2.79. The summed E-state index contributed by atoms with van der Waals surface area (Å²) in [6, 6.07) is 0. The third-order valence-corrected chi connectivity index (χ3v) is 1.54. The van der Waals surface area contributed by atoms with Gasteiger partial charge in [0.25, 0.3) is 0 Å². The number of hydrogen-bond acceptors (Lipinski definition) is 4. The van der Waals surface area contributed by atoms with Crippen molar-refractivity contribution in [3.63, 3.8) is 0 Å². The monoisotopic (exact) mass is 190 g/mol. The zero-order valence-electron chi connectivity index (χ0n) is 6.92. The van der Waals surface area contributed by atoms with E-state index in [9.17, 15) is 0 Å². The summed E-state index contributed by atoms with van der Waals surface area (Å²) >= 11 is 5.50. The number of aryl methyl sites for hydroxylation is 1. The highest BCUT2D eigenvalue weighted by molar-refractivity contribution is 6.17. The van der Waals surface area contributed by atoms with Crippen LogP contribution >= 0.6 is 11.6 Å². The van der Waals surface area contributed by atoms with Crippen LogP contribution in [0.15, 0.2) is 4.52 Å². The Kier molecular flexibility index (Phi) is 4.04. The molecule has 0 saturated carbocycles. The van der Waals surface area contributed by atoms with Gasteiger partial charge in [0.05, 0.1) is 6.61 Å². The van der Waals surface area contributed by atoms with Crippen LogP contribution in [0.5, 0.6) is 0 Å². The number of halogens is 1. The number of nitrogens with zero attached hydrogens (tertiary/aromatic N) is 2. The van der Waals surface area contributed by atoms with Gasteiger partial charge in [-0.3, -0.25) is 0 Å². The van der Waals surface area contributed by atoms with Gasteiger partial charge < -0.3 is 9.26 Å². The van der Waals surface area contributed by atoms with Gasteiger partial charge in [0.1, 0.15) is 0 Å². The predicted molar refractivity (Wildman–Crippen MR) is 44.3 cm³/mol. The van der Waals surface area contributed by atoms with E-state index in [1.807, 2.05) is 0 Å². The minimum absolute atomic E-state index is 0.506. The summed E-state index contributed by atoms with van der Waals surface area (Å²) in [5, 5.41) is 3.75. The highest BCUT2D eigenvalue weighted by atomic mass is 35.5. The van der Waals surface area contributed by atoms with Gasteiger partial charge in [0.15, 0.2) is 5.82 Å². The molecule has 1 heterocycles. The molecule has 0 aromatic carbocycles. The van der Waals surface area contributed by atoms with Gasteiger partial charge in [-0.15, -0.1) is 11.6 Å². The Morgan fingerprint density at radius 3 is 3.00 bits per heavy atom. The van der Waals surface area contributed by atoms with E-state index in [2.05, 4.69) is 10.1 Å². The molecule has 0 fully saturated rings. The predicted octanol–water partition coefficient (Wildman–Crippen LogP) is 1.04. The van der Waals surface area contributed by atoms with Gasteiger partial charge in [-0.1, -0.05) is 5.16 Å². The Morgan fingerprint density at radius 1 is 1.50 bits per heavy atom. The molecule has 0 saturated heterocycles. The maximum Gasteiger partial charge on any atom is 0.227 e. The van der Waals surface area contributed by atoms with Crippen molar-refractivity contribution in [1.29, 1.82) is 0 Å². The fourth-order valence-corrected chi connectivity index (χ4v) is 0.929. The SMILES string of the molecule is COCCc1noc(CCCl)n1. The summed E-state index contributed by atoms with van der Waals surface area (Å²) in [4.78, 5) is 4.10. The molecule has 0 bridgehead atoms. The molecule has 0 N–H and O–H groups in total. The number of hydrogen-bond donors (Lipinski definition) is 0. The Bertz CT molecular complexity index is 227. The van der Waals surface area contributed by atoms with Crippen molar-refractivity contribution in [2.75, 3.05) is 19.6 Å². The van der Waals surface area contributed by atoms with E-state index >= 15 is 0 Å². The highest BCUT2D eigenvalue weighted by Crippen LogP contribution is 1.99. The molecule has 12 heavy (non-hydrogen) atoms. The molecule has 0 amide bonds. The molecule has 1 rings (SSSR count). The maximum absolute atomic E-state index is 5.50. The van der Waals surface area contributed by atoms with Crippen molar-refractivity contribution >= 4 is 11.6 Å². The number of alkyl halides is 1. The van der Waals surface area contributed by atoms with E-state index in [4.69, 9.17) is 20.9 Å². The van der Waals surface area contributed by atoms with Crippen LogP contribution in [0.2, 0.25) is 0 Å². The summed E-state index contributed by atoms with van der Waals surface area (Å²) in [5.41, 5.74) is 0. The standard InChI is InChI=1S/C7H11ClN2O2/c1-11-5-3-6-9-7(2-4-8)12-10-6/h2-5H2,1H3. The Morgan fingerprint density at radius 2 is 2.33 bits per heavy atom. The van der Waals surface area contributed by atoms with Crippen molar-refractivity contribution < 1.29 is 9.26 Å². The van der Waals surface area contributed by atoms with Gasteiger partial charge >= 0.3 is 0 Å². The smallest absolute Gasteiger partial charge is 0.227 e. The molecule has 0 aliphatic carbocycles. The average molecular weight is 191 g/mol. The largest absolute Gasteiger partial charge is 0.384 e. The molecule has 0 aliphatic heterocycles. The quantitative estimate of drug-likeness (QED) is 0.651. The number of methoxy groups -OCH3 is 1. The zero-order chi connectivity index (χ0) is 8.81. The van der Waals surface area contributed by atoms with Crippen LogP contribution < -0.4 is 0 Å². The zero-order valence-corrected chi connectivity index (χ0v) is 7.67. The lowest BCUT2D eigenvalue weighted by Gasteiger charge is -1.90. The molecule has 0 atom stereocenters. The van der Waals surface area contributed by atoms with Gasteiger partial charge in [0.2, 0.25) is 5.89 Å². The van der Waals surface area contributed by atoms with Crippen LogP contribution in [0.3, 0.4) is 0 Å². The first-order valence-corrected chi connectivity index (χ1v) is 4.26. The second kappa shape index (κ2) is 5.11. The Hall–Kier alpha value is -0.610. The third-order valence-electron chi connectivity index (χ3n) is 1.35. The Labute approximate surface area is 75.9 Å². The van der Waals surface area contributed by atoms with E-state index in [1.54, 1.807) is 7.11 Å². The van der Waals surface area contributed by atoms with E-state index < -0.39 is 0 Å². The molecular weight excluding hydrogens is 180 g/mol. The number of aromatic nitrogens is 2. The molecule has 5 heteroatoms. The van der Waals surface area contributed by atoms with Crippen LogP contribution in [-0.2, 0) is 17.6 Å². The topological polar surface area (TPSA) is 48.2 Å². The fourth-order valence-electron chi connectivity index (χ4n) is 0.767. The van der Waals surface area contributed by atoms with E-state index in [0.717, 1.165) is 0 Å². The van der Waals surface area contributed by atoms with Gasteiger partial charge in [-0.25, -0.2) is 0 Å². The second-order valence-electron chi connectivity index (χ2n) is 2.29. The van der Waals surface area contributed by atoms with Crippen molar-refractivity contribution in [3.05, 3.63) is 11.7 Å². The fraction of sp³-hybridized carbons (Fsp3) is 0.714.